The molecule has 1 unspecified atom stereocenters. The first kappa shape index (κ1) is 27.8. The summed E-state index contributed by atoms with van der Waals surface area (Å²) in [5.41, 5.74) is 0.786. The summed E-state index contributed by atoms with van der Waals surface area (Å²) in [6.45, 7) is 17.9. The number of hydrogen-bond donors (Lipinski definition) is 0. The van der Waals surface area contributed by atoms with Gasteiger partial charge in [-0.3, -0.25) is 4.79 Å². The molecule has 2 nitrogen and oxygen atoms in total. The molecule has 0 saturated heterocycles. The minimum Gasteiger partial charge on any atom is -0.343 e. The van der Waals surface area contributed by atoms with Crippen molar-refractivity contribution < 1.29 is 4.79 Å². The van der Waals surface area contributed by atoms with Gasteiger partial charge in [0.05, 0.1) is 0 Å². The van der Waals surface area contributed by atoms with E-state index in [1.807, 2.05) is 11.8 Å². The van der Waals surface area contributed by atoms with E-state index in [9.17, 15) is 4.79 Å². The fraction of sp³-hybridized carbons (Fsp3) is 0.960. The summed E-state index contributed by atoms with van der Waals surface area (Å²) in [4.78, 5) is 14.7. The van der Waals surface area contributed by atoms with Crippen molar-refractivity contribution in [3.63, 3.8) is 0 Å². The van der Waals surface area contributed by atoms with Gasteiger partial charge in [0.15, 0.2) is 0 Å². The third-order valence-electron chi connectivity index (χ3n) is 6.40. The molecule has 1 amide bonds. The van der Waals surface area contributed by atoms with E-state index >= 15 is 0 Å². The summed E-state index contributed by atoms with van der Waals surface area (Å²) in [5, 5.41) is 0. The molecule has 0 aromatic rings. The first-order valence-corrected chi connectivity index (χ1v) is 13.2. The second-order valence-corrected chi connectivity index (χ2v) is 10.9. The molecule has 0 aliphatic carbocycles. The van der Waals surface area contributed by atoms with Crippen molar-refractivity contribution in [1.29, 1.82) is 0 Å². The van der Waals surface area contributed by atoms with E-state index < -0.39 is 0 Å². The summed E-state index contributed by atoms with van der Waals surface area (Å²) >= 11 is 1.99. The molecule has 1 atom stereocenters. The van der Waals surface area contributed by atoms with Gasteiger partial charge in [-0.05, 0) is 49.2 Å². The Hall–Kier alpha value is -0.180. The normalized spacial score (nSPS) is 14.1. The molecule has 0 aliphatic rings. The standard InChI is InChI=1S/C25H51NOS/c1-8-12-14-15-18-25(7,10-3)22-28-21-16-23(27)26(11-4)20-19-24(5,6)17-13-9-2/h8-22H2,1-7H3. The predicted octanol–water partition coefficient (Wildman–Crippen LogP) is 7.95. The number of thioether (sulfide) groups is 1. The Morgan fingerprint density at radius 1 is 0.857 bits per heavy atom. The number of rotatable bonds is 18. The van der Waals surface area contributed by atoms with Gasteiger partial charge in [-0.1, -0.05) is 80.1 Å². The highest BCUT2D eigenvalue weighted by molar-refractivity contribution is 7.99. The topological polar surface area (TPSA) is 20.3 Å². The van der Waals surface area contributed by atoms with Gasteiger partial charge in [0, 0.05) is 25.3 Å². The van der Waals surface area contributed by atoms with Crippen LogP contribution in [0.4, 0.5) is 0 Å². The lowest BCUT2D eigenvalue weighted by atomic mass is 9.84. The van der Waals surface area contributed by atoms with Crippen molar-refractivity contribution in [2.75, 3.05) is 24.6 Å². The number of carbonyl (C=O) groups excluding carboxylic acids is 1. The maximum absolute atomic E-state index is 12.7. The van der Waals surface area contributed by atoms with Crippen molar-refractivity contribution in [2.24, 2.45) is 10.8 Å². The van der Waals surface area contributed by atoms with Gasteiger partial charge in [0.1, 0.15) is 0 Å². The molecule has 0 saturated carbocycles. The molecule has 0 aromatic carbocycles. The number of unbranched alkanes of at least 4 members (excludes halogenated alkanes) is 4. The number of nitrogens with zero attached hydrogens (tertiary/aromatic N) is 1. The molecule has 0 aromatic heterocycles. The molecule has 0 radical (unpaired) electrons. The fourth-order valence-electron chi connectivity index (χ4n) is 3.64. The van der Waals surface area contributed by atoms with E-state index in [4.69, 9.17) is 0 Å². The minimum atomic E-state index is 0.346. The minimum absolute atomic E-state index is 0.346. The monoisotopic (exact) mass is 413 g/mol. The SMILES string of the molecule is CCCCCCC(C)(CC)CSCCC(=O)N(CC)CCC(C)(C)CCCC. The summed E-state index contributed by atoms with van der Waals surface area (Å²) in [5.74, 6) is 2.51. The van der Waals surface area contributed by atoms with Gasteiger partial charge in [0.25, 0.3) is 0 Å². The molecule has 28 heavy (non-hydrogen) atoms. The van der Waals surface area contributed by atoms with Crippen molar-refractivity contribution in [3.05, 3.63) is 0 Å². The van der Waals surface area contributed by atoms with E-state index in [0.29, 0.717) is 23.2 Å². The van der Waals surface area contributed by atoms with Crippen LogP contribution in [0.25, 0.3) is 0 Å². The largest absolute Gasteiger partial charge is 0.343 e. The van der Waals surface area contributed by atoms with Crippen LogP contribution in [0, 0.1) is 10.8 Å². The van der Waals surface area contributed by atoms with E-state index in [1.165, 1.54) is 63.5 Å². The highest BCUT2D eigenvalue weighted by atomic mass is 32.2. The van der Waals surface area contributed by atoms with Crippen LogP contribution in [-0.4, -0.2) is 35.4 Å². The Labute approximate surface area is 182 Å². The van der Waals surface area contributed by atoms with Gasteiger partial charge in [-0.2, -0.15) is 11.8 Å². The lowest BCUT2D eigenvalue weighted by Gasteiger charge is -2.30. The van der Waals surface area contributed by atoms with E-state index in [1.54, 1.807) is 0 Å². The second-order valence-electron chi connectivity index (χ2n) is 9.77. The molecule has 0 bridgehead atoms. The van der Waals surface area contributed by atoms with Crippen LogP contribution >= 0.6 is 11.8 Å². The van der Waals surface area contributed by atoms with E-state index in [0.717, 1.165) is 25.3 Å². The second kappa shape index (κ2) is 15.6. The molecule has 0 fully saturated rings. The van der Waals surface area contributed by atoms with Crippen LogP contribution in [0.15, 0.2) is 0 Å². The third kappa shape index (κ3) is 13.1. The summed E-state index contributed by atoms with van der Waals surface area (Å²) in [7, 11) is 0. The fourth-order valence-corrected chi connectivity index (χ4v) is 4.95. The Kier molecular flexibility index (Phi) is 15.5. The van der Waals surface area contributed by atoms with Crippen molar-refractivity contribution >= 4 is 17.7 Å². The molecule has 0 rings (SSSR count). The molecule has 0 heterocycles. The van der Waals surface area contributed by atoms with E-state index in [2.05, 4.69) is 53.4 Å². The van der Waals surface area contributed by atoms with Gasteiger partial charge in [0.2, 0.25) is 5.91 Å². The number of carbonyl (C=O) groups is 1. The summed E-state index contributed by atoms with van der Waals surface area (Å²) < 4.78 is 0. The Morgan fingerprint density at radius 2 is 1.54 bits per heavy atom. The highest BCUT2D eigenvalue weighted by Crippen LogP contribution is 2.33. The van der Waals surface area contributed by atoms with Gasteiger partial charge in [-0.15, -0.1) is 0 Å². The first-order valence-electron chi connectivity index (χ1n) is 12.1. The smallest absolute Gasteiger partial charge is 0.223 e. The van der Waals surface area contributed by atoms with Crippen LogP contribution in [-0.2, 0) is 4.79 Å². The molecule has 0 N–H and O–H groups in total. The molecular formula is C25H51NOS. The summed E-state index contributed by atoms with van der Waals surface area (Å²) in [6.07, 6.45) is 13.6. The average Bonchev–Trinajstić information content (AvgIpc) is 2.67. The van der Waals surface area contributed by atoms with Crippen molar-refractivity contribution in [1.82, 2.24) is 4.90 Å². The van der Waals surface area contributed by atoms with Crippen molar-refractivity contribution in [2.45, 2.75) is 119 Å². The Balaban J connectivity index is 4.21. The van der Waals surface area contributed by atoms with Gasteiger partial charge >= 0.3 is 0 Å². The number of amides is 1. The Bertz CT molecular complexity index is 396. The van der Waals surface area contributed by atoms with Crippen LogP contribution < -0.4 is 0 Å². The maximum Gasteiger partial charge on any atom is 0.223 e. The molecule has 0 aliphatic heterocycles. The Morgan fingerprint density at radius 3 is 2.11 bits per heavy atom. The van der Waals surface area contributed by atoms with Crippen LogP contribution in [0.1, 0.15) is 119 Å². The zero-order valence-corrected chi connectivity index (χ0v) is 21.2. The lowest BCUT2D eigenvalue weighted by Crippen LogP contribution is -2.34. The first-order chi connectivity index (χ1) is 13.2. The van der Waals surface area contributed by atoms with Gasteiger partial charge < -0.3 is 4.90 Å². The maximum atomic E-state index is 12.7. The molecule has 3 heteroatoms. The van der Waals surface area contributed by atoms with Crippen molar-refractivity contribution in [3.8, 4) is 0 Å². The molecular weight excluding hydrogens is 362 g/mol. The van der Waals surface area contributed by atoms with Crippen LogP contribution in [0.3, 0.4) is 0 Å². The average molecular weight is 414 g/mol. The molecule has 168 valence electrons. The van der Waals surface area contributed by atoms with Gasteiger partial charge in [-0.25, -0.2) is 0 Å². The quantitative estimate of drug-likeness (QED) is 0.212. The van der Waals surface area contributed by atoms with Crippen LogP contribution in [0.5, 0.6) is 0 Å². The van der Waals surface area contributed by atoms with E-state index in [-0.39, 0.29) is 0 Å². The zero-order valence-electron chi connectivity index (χ0n) is 20.4. The van der Waals surface area contributed by atoms with Crippen LogP contribution in [0.2, 0.25) is 0 Å². The predicted molar refractivity (Wildman–Crippen MR) is 129 cm³/mol. The summed E-state index contributed by atoms with van der Waals surface area (Å²) in [6, 6.07) is 0. The zero-order chi connectivity index (χ0) is 21.5. The molecule has 0 spiro atoms. The lowest BCUT2D eigenvalue weighted by molar-refractivity contribution is -0.130. The highest BCUT2D eigenvalue weighted by Gasteiger charge is 2.23. The number of hydrogen-bond acceptors (Lipinski definition) is 2. The third-order valence-corrected chi connectivity index (χ3v) is 7.79.